The molecule has 3 heterocycles. The zero-order chi connectivity index (χ0) is 14.4. The van der Waals surface area contributed by atoms with Crippen molar-refractivity contribution in [2.45, 2.75) is 62.3 Å². The van der Waals surface area contributed by atoms with Crippen LogP contribution in [0.5, 0.6) is 0 Å². The highest BCUT2D eigenvalue weighted by atomic mass is 16.4. The molecule has 21 heavy (non-hydrogen) atoms. The second kappa shape index (κ2) is 4.85. The maximum atomic E-state index is 12.0. The highest BCUT2D eigenvalue weighted by molar-refractivity contribution is 5.78. The molecule has 2 aliphatic heterocycles. The zero-order valence-electron chi connectivity index (χ0n) is 12.1. The first-order valence-corrected chi connectivity index (χ1v) is 7.95. The van der Waals surface area contributed by atoms with Crippen LogP contribution >= 0.6 is 0 Å². The molecule has 114 valence electrons. The van der Waals surface area contributed by atoms with E-state index < -0.39 is 5.60 Å². The monoisotopic (exact) mass is 290 g/mol. The predicted molar refractivity (Wildman–Crippen MR) is 76.5 cm³/mol. The molecular weight excluding hydrogens is 268 g/mol. The van der Waals surface area contributed by atoms with Gasteiger partial charge in [0.05, 0.1) is 12.8 Å². The van der Waals surface area contributed by atoms with Crippen LogP contribution in [0, 0.1) is 0 Å². The van der Waals surface area contributed by atoms with Crippen molar-refractivity contribution in [3.05, 3.63) is 24.2 Å². The Morgan fingerprint density at radius 2 is 2.05 bits per heavy atom. The number of carbonyl (C=O) groups is 1. The summed E-state index contributed by atoms with van der Waals surface area (Å²) in [6, 6.07) is 4.66. The normalized spacial score (nSPS) is 35.9. The number of hydrogen-bond acceptors (Lipinski definition) is 4. The molecule has 1 aliphatic carbocycles. The SMILES string of the molecule is O=C(CN1[C@@H]2CC[C@@H]1CC(O)(c1ccco1)C2)NC1CC1. The number of piperidine rings is 1. The van der Waals surface area contributed by atoms with Crippen molar-refractivity contribution in [1.82, 2.24) is 10.2 Å². The fourth-order valence-electron chi connectivity index (χ4n) is 3.99. The average molecular weight is 290 g/mol. The Morgan fingerprint density at radius 1 is 1.33 bits per heavy atom. The Morgan fingerprint density at radius 3 is 2.62 bits per heavy atom. The Kier molecular flexibility index (Phi) is 3.08. The molecule has 2 N–H and O–H groups in total. The number of fused-ring (bicyclic) bond motifs is 2. The van der Waals surface area contributed by atoms with Gasteiger partial charge in [-0.25, -0.2) is 0 Å². The third kappa shape index (κ3) is 2.49. The molecular formula is C16H22N2O3. The largest absolute Gasteiger partial charge is 0.466 e. The van der Waals surface area contributed by atoms with Crippen molar-refractivity contribution in [2.75, 3.05) is 6.54 Å². The molecule has 4 rings (SSSR count). The van der Waals surface area contributed by atoms with Gasteiger partial charge in [-0.2, -0.15) is 0 Å². The van der Waals surface area contributed by atoms with Crippen LogP contribution in [-0.2, 0) is 10.4 Å². The van der Waals surface area contributed by atoms with E-state index in [9.17, 15) is 9.90 Å². The second-order valence-electron chi connectivity index (χ2n) is 6.82. The van der Waals surface area contributed by atoms with E-state index in [2.05, 4.69) is 10.2 Å². The fourth-order valence-corrected chi connectivity index (χ4v) is 3.99. The van der Waals surface area contributed by atoms with Gasteiger partial charge in [-0.3, -0.25) is 9.69 Å². The molecule has 2 saturated heterocycles. The van der Waals surface area contributed by atoms with Crippen molar-refractivity contribution in [3.8, 4) is 0 Å². The van der Waals surface area contributed by atoms with Gasteiger partial charge in [-0.15, -0.1) is 0 Å². The third-order valence-electron chi connectivity index (χ3n) is 5.17. The minimum atomic E-state index is -0.862. The van der Waals surface area contributed by atoms with Crippen molar-refractivity contribution in [3.63, 3.8) is 0 Å². The van der Waals surface area contributed by atoms with Crippen LogP contribution in [0.2, 0.25) is 0 Å². The molecule has 1 aromatic heterocycles. The summed E-state index contributed by atoms with van der Waals surface area (Å²) in [5.74, 6) is 0.805. The van der Waals surface area contributed by atoms with Crippen molar-refractivity contribution in [2.24, 2.45) is 0 Å². The lowest BCUT2D eigenvalue weighted by atomic mass is 9.84. The molecule has 1 aromatic rings. The first-order chi connectivity index (χ1) is 10.1. The van der Waals surface area contributed by atoms with E-state index in [4.69, 9.17) is 4.42 Å². The molecule has 3 fully saturated rings. The molecule has 2 bridgehead atoms. The van der Waals surface area contributed by atoms with E-state index in [0.717, 1.165) is 25.7 Å². The minimum absolute atomic E-state index is 0.137. The Balaban J connectivity index is 1.44. The highest BCUT2D eigenvalue weighted by Crippen LogP contribution is 2.45. The van der Waals surface area contributed by atoms with Gasteiger partial charge in [0.1, 0.15) is 11.4 Å². The van der Waals surface area contributed by atoms with Crippen LogP contribution in [0.15, 0.2) is 22.8 Å². The minimum Gasteiger partial charge on any atom is -0.466 e. The predicted octanol–water partition coefficient (Wildman–Crippen LogP) is 1.37. The molecule has 3 aliphatic rings. The lowest BCUT2D eigenvalue weighted by Crippen LogP contribution is -2.52. The summed E-state index contributed by atoms with van der Waals surface area (Å²) in [4.78, 5) is 14.3. The summed E-state index contributed by atoms with van der Waals surface area (Å²) in [6.45, 7) is 0.472. The second-order valence-corrected chi connectivity index (χ2v) is 6.82. The van der Waals surface area contributed by atoms with E-state index >= 15 is 0 Å². The van der Waals surface area contributed by atoms with E-state index in [1.165, 1.54) is 0 Å². The smallest absolute Gasteiger partial charge is 0.234 e. The zero-order valence-corrected chi connectivity index (χ0v) is 12.1. The van der Waals surface area contributed by atoms with E-state index in [-0.39, 0.29) is 18.0 Å². The fraction of sp³-hybridized carbons (Fsp3) is 0.688. The van der Waals surface area contributed by atoms with Crippen LogP contribution in [0.25, 0.3) is 0 Å². The molecule has 1 amide bonds. The molecule has 5 nitrogen and oxygen atoms in total. The van der Waals surface area contributed by atoms with Crippen molar-refractivity contribution >= 4 is 5.91 Å². The highest BCUT2D eigenvalue weighted by Gasteiger charge is 2.50. The van der Waals surface area contributed by atoms with Crippen molar-refractivity contribution in [1.29, 1.82) is 0 Å². The Hall–Kier alpha value is -1.33. The number of hydrogen-bond donors (Lipinski definition) is 2. The molecule has 2 atom stereocenters. The standard InChI is InChI=1S/C16H22N2O3/c19-15(17-11-3-4-11)10-18-12-5-6-13(18)9-16(20,8-12)14-2-1-7-21-14/h1-2,7,11-13,20H,3-6,8-10H2,(H,17,19)/t12-,13-/m1/s1. The summed E-state index contributed by atoms with van der Waals surface area (Å²) < 4.78 is 5.43. The van der Waals surface area contributed by atoms with E-state index in [1.54, 1.807) is 6.26 Å². The van der Waals surface area contributed by atoms with Crippen LogP contribution in [0.1, 0.15) is 44.3 Å². The lowest BCUT2D eigenvalue weighted by molar-refractivity contribution is -0.126. The Bertz CT molecular complexity index is 510. The number of rotatable bonds is 4. The quantitative estimate of drug-likeness (QED) is 0.879. The maximum Gasteiger partial charge on any atom is 0.234 e. The van der Waals surface area contributed by atoms with Gasteiger partial charge in [-0.05, 0) is 50.7 Å². The molecule has 0 radical (unpaired) electrons. The summed E-state index contributed by atoms with van der Waals surface area (Å²) >= 11 is 0. The molecule has 0 spiro atoms. The van der Waals surface area contributed by atoms with Gasteiger partial charge >= 0.3 is 0 Å². The number of nitrogens with one attached hydrogen (secondary N) is 1. The first-order valence-electron chi connectivity index (χ1n) is 7.95. The number of nitrogens with zero attached hydrogens (tertiary/aromatic N) is 1. The molecule has 1 saturated carbocycles. The third-order valence-corrected chi connectivity index (χ3v) is 5.17. The van der Waals surface area contributed by atoms with Gasteiger partial charge in [-0.1, -0.05) is 0 Å². The number of amides is 1. The van der Waals surface area contributed by atoms with Crippen molar-refractivity contribution < 1.29 is 14.3 Å². The van der Waals surface area contributed by atoms with Gasteiger partial charge < -0.3 is 14.8 Å². The van der Waals surface area contributed by atoms with Crippen LogP contribution in [-0.4, -0.2) is 40.6 Å². The van der Waals surface area contributed by atoms with Gasteiger partial charge in [0.15, 0.2) is 0 Å². The topological polar surface area (TPSA) is 65.7 Å². The van der Waals surface area contributed by atoms with E-state index in [1.807, 2.05) is 12.1 Å². The van der Waals surface area contributed by atoms with Crippen LogP contribution in [0.4, 0.5) is 0 Å². The maximum absolute atomic E-state index is 12.0. The number of carbonyl (C=O) groups excluding carboxylic acids is 1. The van der Waals surface area contributed by atoms with E-state index in [0.29, 0.717) is 31.2 Å². The van der Waals surface area contributed by atoms with Crippen LogP contribution in [0.3, 0.4) is 0 Å². The molecule has 5 heteroatoms. The van der Waals surface area contributed by atoms with Gasteiger partial charge in [0.25, 0.3) is 0 Å². The average Bonchev–Trinajstić information content (AvgIpc) is 2.98. The first kappa shape index (κ1) is 13.3. The summed E-state index contributed by atoms with van der Waals surface area (Å²) in [6.07, 6.45) is 7.30. The number of aliphatic hydroxyl groups is 1. The summed E-state index contributed by atoms with van der Waals surface area (Å²) in [5.41, 5.74) is -0.862. The molecule has 0 aromatic carbocycles. The van der Waals surface area contributed by atoms with Gasteiger partial charge in [0.2, 0.25) is 5.91 Å². The van der Waals surface area contributed by atoms with Crippen LogP contribution < -0.4 is 5.32 Å². The molecule has 0 unspecified atom stereocenters. The Labute approximate surface area is 124 Å². The number of furan rings is 1. The summed E-state index contributed by atoms with van der Waals surface area (Å²) in [5, 5.41) is 14.0. The van der Waals surface area contributed by atoms with Gasteiger partial charge in [0, 0.05) is 18.1 Å². The lowest BCUT2D eigenvalue weighted by Gasteiger charge is -2.42. The summed E-state index contributed by atoms with van der Waals surface area (Å²) in [7, 11) is 0.